The highest BCUT2D eigenvalue weighted by molar-refractivity contribution is 14.0. The van der Waals surface area contributed by atoms with Crippen LogP contribution < -0.4 is 10.6 Å². The van der Waals surface area contributed by atoms with E-state index in [1.807, 2.05) is 18.3 Å². The molecular weight excluding hydrogens is 463 g/mol. The van der Waals surface area contributed by atoms with Crippen molar-refractivity contribution >= 4 is 29.9 Å². The van der Waals surface area contributed by atoms with E-state index in [0.29, 0.717) is 0 Å². The predicted octanol–water partition coefficient (Wildman–Crippen LogP) is 3.55. The van der Waals surface area contributed by atoms with Gasteiger partial charge in [-0.3, -0.25) is 9.98 Å². The van der Waals surface area contributed by atoms with E-state index in [0.717, 1.165) is 63.8 Å². The van der Waals surface area contributed by atoms with E-state index in [1.54, 1.807) is 0 Å². The number of rotatable bonds is 7. The molecule has 0 atom stereocenters. The largest absolute Gasteiger partial charge is 0.381 e. The fraction of sp³-hybridized carbons (Fsp3) is 0.455. The molecule has 0 radical (unpaired) electrons. The zero-order chi connectivity index (χ0) is 18.8. The molecule has 1 aliphatic rings. The second kappa shape index (κ2) is 12.0. The third kappa shape index (κ3) is 6.44. The van der Waals surface area contributed by atoms with Gasteiger partial charge in [0.15, 0.2) is 5.96 Å². The van der Waals surface area contributed by atoms with Crippen LogP contribution in [-0.2, 0) is 16.6 Å². The Balaban J connectivity index is 0.00000280. The first kappa shape index (κ1) is 22.6. The van der Waals surface area contributed by atoms with Crippen molar-refractivity contribution in [2.24, 2.45) is 4.99 Å². The van der Waals surface area contributed by atoms with Gasteiger partial charge in [0.05, 0.1) is 6.54 Å². The summed E-state index contributed by atoms with van der Waals surface area (Å²) in [7, 11) is 0. The Morgan fingerprint density at radius 1 is 1.07 bits per heavy atom. The minimum Gasteiger partial charge on any atom is -0.381 e. The van der Waals surface area contributed by atoms with Gasteiger partial charge in [-0.05, 0) is 37.5 Å². The molecule has 0 bridgehead atoms. The maximum absolute atomic E-state index is 5.63. The van der Waals surface area contributed by atoms with Gasteiger partial charge >= 0.3 is 0 Å². The zero-order valence-corrected chi connectivity index (χ0v) is 18.9. The van der Waals surface area contributed by atoms with Gasteiger partial charge in [-0.25, -0.2) is 0 Å². The van der Waals surface area contributed by atoms with E-state index in [4.69, 9.17) is 9.73 Å². The highest BCUT2D eigenvalue weighted by Gasteiger charge is 2.34. The molecule has 6 heteroatoms. The molecule has 2 heterocycles. The van der Waals surface area contributed by atoms with Gasteiger partial charge in [0.2, 0.25) is 0 Å². The Kier molecular flexibility index (Phi) is 9.70. The quantitative estimate of drug-likeness (QED) is 0.351. The molecular formula is C22H31IN4O. The molecule has 1 aliphatic heterocycles. The van der Waals surface area contributed by atoms with Gasteiger partial charge in [-0.15, -0.1) is 24.0 Å². The summed E-state index contributed by atoms with van der Waals surface area (Å²) >= 11 is 0. The van der Waals surface area contributed by atoms with E-state index in [1.165, 1.54) is 5.56 Å². The lowest BCUT2D eigenvalue weighted by atomic mass is 9.74. The lowest BCUT2D eigenvalue weighted by molar-refractivity contribution is 0.0531. The van der Waals surface area contributed by atoms with Crippen LogP contribution in [0.2, 0.25) is 0 Å². The average Bonchev–Trinajstić information content (AvgIpc) is 2.74. The molecule has 2 N–H and O–H groups in total. The summed E-state index contributed by atoms with van der Waals surface area (Å²) in [6.07, 6.45) is 4.73. The zero-order valence-electron chi connectivity index (χ0n) is 16.6. The lowest BCUT2D eigenvalue weighted by Crippen LogP contribution is -2.41. The fourth-order valence-electron chi connectivity index (χ4n) is 3.52. The molecule has 1 fully saturated rings. The van der Waals surface area contributed by atoms with Crippen molar-refractivity contribution in [2.45, 2.75) is 31.6 Å². The van der Waals surface area contributed by atoms with Crippen LogP contribution in [0.3, 0.4) is 0 Å². The van der Waals surface area contributed by atoms with E-state index in [-0.39, 0.29) is 29.4 Å². The topological polar surface area (TPSA) is 58.5 Å². The van der Waals surface area contributed by atoms with Crippen LogP contribution in [0.4, 0.5) is 0 Å². The number of pyridine rings is 1. The summed E-state index contributed by atoms with van der Waals surface area (Å²) in [4.78, 5) is 9.31. The molecule has 3 rings (SSSR count). The predicted molar refractivity (Wildman–Crippen MR) is 126 cm³/mol. The van der Waals surface area contributed by atoms with Gasteiger partial charge in [0, 0.05) is 50.0 Å². The average molecular weight is 494 g/mol. The van der Waals surface area contributed by atoms with Crippen molar-refractivity contribution in [3.8, 4) is 0 Å². The van der Waals surface area contributed by atoms with Crippen molar-refractivity contribution in [3.05, 3.63) is 66.0 Å². The summed E-state index contributed by atoms with van der Waals surface area (Å²) in [6, 6.07) is 16.8. The highest BCUT2D eigenvalue weighted by atomic mass is 127. The number of hydrogen-bond donors (Lipinski definition) is 2. The van der Waals surface area contributed by atoms with Crippen LogP contribution in [0.1, 0.15) is 31.0 Å². The Labute approximate surface area is 185 Å². The molecule has 1 aromatic carbocycles. The monoisotopic (exact) mass is 494 g/mol. The third-order valence-electron chi connectivity index (χ3n) is 5.12. The van der Waals surface area contributed by atoms with Crippen LogP contribution in [0, 0.1) is 0 Å². The van der Waals surface area contributed by atoms with E-state index < -0.39 is 0 Å². The number of benzene rings is 1. The Morgan fingerprint density at radius 2 is 1.82 bits per heavy atom. The maximum atomic E-state index is 5.63. The van der Waals surface area contributed by atoms with Crippen molar-refractivity contribution in [3.63, 3.8) is 0 Å². The number of ether oxygens (including phenoxy) is 1. The summed E-state index contributed by atoms with van der Waals surface area (Å²) < 4.78 is 5.63. The Bertz CT molecular complexity index is 703. The number of aliphatic imine (C=N–C) groups is 1. The second-order valence-corrected chi connectivity index (χ2v) is 6.95. The lowest BCUT2D eigenvalue weighted by Gasteiger charge is -2.36. The first-order valence-electron chi connectivity index (χ1n) is 9.88. The Hall–Kier alpha value is -1.67. The minimum atomic E-state index is 0. The number of aromatic nitrogens is 1. The van der Waals surface area contributed by atoms with Crippen LogP contribution in [0.5, 0.6) is 0 Å². The normalized spacial score (nSPS) is 16.1. The molecule has 2 aromatic rings. The third-order valence-corrected chi connectivity index (χ3v) is 5.12. The smallest absolute Gasteiger partial charge is 0.191 e. The molecule has 152 valence electrons. The Morgan fingerprint density at radius 3 is 2.50 bits per heavy atom. The number of nitrogens with zero attached hydrogens (tertiary/aromatic N) is 2. The molecule has 1 saturated heterocycles. The molecule has 1 aromatic heterocycles. The van der Waals surface area contributed by atoms with Crippen LogP contribution in [-0.4, -0.2) is 43.8 Å². The van der Waals surface area contributed by atoms with Gasteiger partial charge in [0.1, 0.15) is 0 Å². The first-order chi connectivity index (χ1) is 13.3. The standard InChI is InChI=1S/C22H30N4O.HI/c1-2-23-21(25-15-11-20-10-6-7-14-24-20)26-18-22(12-16-27-17-13-22)19-8-4-3-5-9-19;/h3-10,14H,2,11-13,15-18H2,1H3,(H2,23,25,26);1H. The molecule has 0 saturated carbocycles. The highest BCUT2D eigenvalue weighted by Crippen LogP contribution is 2.35. The van der Waals surface area contributed by atoms with Crippen molar-refractivity contribution in [1.29, 1.82) is 0 Å². The van der Waals surface area contributed by atoms with E-state index >= 15 is 0 Å². The van der Waals surface area contributed by atoms with E-state index in [2.05, 4.69) is 58.9 Å². The SMILES string of the molecule is CCNC(=NCC1(c2ccccc2)CCOCC1)NCCc1ccccn1.I. The second-order valence-electron chi connectivity index (χ2n) is 6.95. The summed E-state index contributed by atoms with van der Waals surface area (Å²) in [5.41, 5.74) is 2.51. The molecule has 28 heavy (non-hydrogen) atoms. The van der Waals surface area contributed by atoms with Gasteiger partial charge < -0.3 is 15.4 Å². The molecule has 0 aliphatic carbocycles. The van der Waals surface area contributed by atoms with Crippen LogP contribution in [0.25, 0.3) is 0 Å². The van der Waals surface area contributed by atoms with Crippen molar-refractivity contribution in [2.75, 3.05) is 32.8 Å². The van der Waals surface area contributed by atoms with Gasteiger partial charge in [-0.2, -0.15) is 0 Å². The minimum absolute atomic E-state index is 0. The number of hydrogen-bond acceptors (Lipinski definition) is 3. The fourth-order valence-corrected chi connectivity index (χ4v) is 3.52. The molecule has 0 unspecified atom stereocenters. The summed E-state index contributed by atoms with van der Waals surface area (Å²) in [5.74, 6) is 0.871. The van der Waals surface area contributed by atoms with Crippen molar-refractivity contribution in [1.82, 2.24) is 15.6 Å². The van der Waals surface area contributed by atoms with Gasteiger partial charge in [-0.1, -0.05) is 36.4 Å². The van der Waals surface area contributed by atoms with Crippen LogP contribution in [0.15, 0.2) is 59.7 Å². The van der Waals surface area contributed by atoms with E-state index in [9.17, 15) is 0 Å². The number of nitrogens with one attached hydrogen (secondary N) is 2. The number of halogens is 1. The van der Waals surface area contributed by atoms with Crippen LogP contribution >= 0.6 is 24.0 Å². The number of guanidine groups is 1. The maximum Gasteiger partial charge on any atom is 0.191 e. The summed E-state index contributed by atoms with van der Waals surface area (Å²) in [5, 5.41) is 6.81. The molecule has 5 nitrogen and oxygen atoms in total. The first-order valence-corrected chi connectivity index (χ1v) is 9.88. The van der Waals surface area contributed by atoms with Gasteiger partial charge in [0.25, 0.3) is 0 Å². The molecule has 0 spiro atoms. The van der Waals surface area contributed by atoms with Crippen molar-refractivity contribution < 1.29 is 4.74 Å². The summed E-state index contributed by atoms with van der Waals surface area (Å²) in [6.45, 7) is 6.11. The molecule has 0 amide bonds.